The van der Waals surface area contributed by atoms with E-state index in [-0.39, 0.29) is 16.9 Å². The summed E-state index contributed by atoms with van der Waals surface area (Å²) in [5, 5.41) is 23.4. The minimum atomic E-state index is -0.619. The minimum absolute atomic E-state index is 0.00360. The van der Waals surface area contributed by atoms with Crippen LogP contribution in [0.25, 0.3) is 0 Å². The lowest BCUT2D eigenvalue weighted by molar-refractivity contribution is -0.384. The van der Waals surface area contributed by atoms with Gasteiger partial charge in [0.15, 0.2) is 0 Å². The van der Waals surface area contributed by atoms with Crippen LogP contribution in [0.15, 0.2) is 42.5 Å². The lowest BCUT2D eigenvalue weighted by Gasteiger charge is -2.19. The summed E-state index contributed by atoms with van der Waals surface area (Å²) in [6.45, 7) is 2.68. The number of nitrogens with zero attached hydrogens (tertiary/aromatic N) is 3. The largest absolute Gasteiger partial charge is 0.393 e. The molecule has 25 heavy (non-hydrogen) atoms. The van der Waals surface area contributed by atoms with Crippen LogP contribution in [0, 0.1) is 27.4 Å². The molecule has 0 bridgehead atoms. The summed E-state index contributed by atoms with van der Waals surface area (Å²) in [6.07, 6.45) is 1.06. The zero-order valence-corrected chi connectivity index (χ0v) is 13.7. The molecule has 1 saturated heterocycles. The van der Waals surface area contributed by atoms with Crippen molar-refractivity contribution >= 4 is 22.7 Å². The molecule has 0 unspecified atom stereocenters. The SMILES string of the molecule is N#Cc1cc(NC[C@@H]2CCN(c3ccccc3)C2)cc(N)c1[N+](=O)[O-]. The number of nitrogens with one attached hydrogen (secondary N) is 1. The number of anilines is 3. The van der Waals surface area contributed by atoms with Gasteiger partial charge in [0.25, 0.3) is 0 Å². The summed E-state index contributed by atoms with van der Waals surface area (Å²) in [5.74, 6) is 0.460. The fraction of sp³-hybridized carbons (Fsp3) is 0.278. The van der Waals surface area contributed by atoms with E-state index in [0.29, 0.717) is 11.6 Å². The number of nitro groups is 1. The molecule has 3 N–H and O–H groups in total. The van der Waals surface area contributed by atoms with Crippen LogP contribution < -0.4 is 16.0 Å². The van der Waals surface area contributed by atoms with E-state index in [0.717, 1.165) is 26.1 Å². The van der Waals surface area contributed by atoms with E-state index in [1.807, 2.05) is 24.3 Å². The lowest BCUT2D eigenvalue weighted by atomic mass is 10.1. The van der Waals surface area contributed by atoms with Crippen molar-refractivity contribution in [3.05, 3.63) is 58.1 Å². The standard InChI is InChI=1S/C18H19N5O2/c19-10-14-8-15(9-17(20)18(14)23(24)25)21-11-13-6-7-22(12-13)16-4-2-1-3-5-16/h1-5,8-9,13,21H,6-7,11-12,20H2/t13-/m0/s1. The van der Waals surface area contributed by atoms with E-state index in [2.05, 4.69) is 22.3 Å². The number of hydrogen-bond acceptors (Lipinski definition) is 6. The Labute approximate surface area is 145 Å². The molecule has 0 saturated carbocycles. The zero-order chi connectivity index (χ0) is 17.8. The molecule has 128 valence electrons. The number of nitrogens with two attached hydrogens (primary N) is 1. The molecular formula is C18H19N5O2. The molecule has 2 aromatic rings. The van der Waals surface area contributed by atoms with Crippen molar-refractivity contribution in [1.29, 1.82) is 5.26 Å². The molecule has 1 fully saturated rings. The van der Waals surface area contributed by atoms with Gasteiger partial charge in [0.1, 0.15) is 17.3 Å². The molecule has 0 aromatic heterocycles. The van der Waals surface area contributed by atoms with Gasteiger partial charge in [0, 0.05) is 31.0 Å². The van der Waals surface area contributed by atoms with Crippen LogP contribution in [0.2, 0.25) is 0 Å². The number of nitriles is 1. The molecule has 7 heteroatoms. The van der Waals surface area contributed by atoms with Gasteiger partial charge in [-0.2, -0.15) is 5.26 Å². The van der Waals surface area contributed by atoms with E-state index in [4.69, 9.17) is 11.0 Å². The topological polar surface area (TPSA) is 108 Å². The molecule has 1 atom stereocenters. The number of rotatable bonds is 5. The Bertz CT molecular complexity index is 816. The predicted molar refractivity (Wildman–Crippen MR) is 97.5 cm³/mol. The van der Waals surface area contributed by atoms with Gasteiger partial charge in [0.2, 0.25) is 0 Å². The van der Waals surface area contributed by atoms with Gasteiger partial charge < -0.3 is 16.0 Å². The van der Waals surface area contributed by atoms with E-state index in [1.54, 1.807) is 0 Å². The molecule has 3 rings (SSSR count). The van der Waals surface area contributed by atoms with Gasteiger partial charge in [-0.25, -0.2) is 0 Å². The highest BCUT2D eigenvalue weighted by Crippen LogP contribution is 2.30. The first kappa shape index (κ1) is 16.6. The summed E-state index contributed by atoms with van der Waals surface area (Å²) in [6, 6.07) is 15.1. The van der Waals surface area contributed by atoms with Gasteiger partial charge in [-0.05, 0) is 36.6 Å². The number of para-hydroxylation sites is 1. The first-order valence-corrected chi connectivity index (χ1v) is 8.10. The van der Waals surface area contributed by atoms with Crippen LogP contribution in [0.3, 0.4) is 0 Å². The quantitative estimate of drug-likeness (QED) is 0.493. The number of benzene rings is 2. The molecule has 1 aliphatic rings. The van der Waals surface area contributed by atoms with Crippen molar-refractivity contribution in [2.45, 2.75) is 6.42 Å². The summed E-state index contributed by atoms with van der Waals surface area (Å²) in [4.78, 5) is 12.7. The lowest BCUT2D eigenvalue weighted by Crippen LogP contribution is -2.22. The molecule has 0 spiro atoms. The molecule has 7 nitrogen and oxygen atoms in total. The third-order valence-electron chi connectivity index (χ3n) is 4.44. The Balaban J connectivity index is 1.64. The van der Waals surface area contributed by atoms with E-state index < -0.39 is 4.92 Å². The Morgan fingerprint density at radius 2 is 2.12 bits per heavy atom. The van der Waals surface area contributed by atoms with Crippen LogP contribution in [0.4, 0.5) is 22.7 Å². The average Bonchev–Trinajstić information content (AvgIpc) is 3.08. The fourth-order valence-corrected chi connectivity index (χ4v) is 3.18. The van der Waals surface area contributed by atoms with Crippen LogP contribution in [-0.4, -0.2) is 24.6 Å². The van der Waals surface area contributed by atoms with E-state index in [1.165, 1.54) is 17.8 Å². The van der Waals surface area contributed by atoms with Crippen molar-refractivity contribution < 1.29 is 4.92 Å². The normalized spacial score (nSPS) is 16.4. The highest BCUT2D eigenvalue weighted by molar-refractivity contribution is 5.72. The first-order chi connectivity index (χ1) is 12.1. The van der Waals surface area contributed by atoms with Crippen molar-refractivity contribution in [1.82, 2.24) is 0 Å². The Morgan fingerprint density at radius 3 is 2.80 bits per heavy atom. The maximum atomic E-state index is 11.0. The monoisotopic (exact) mass is 337 g/mol. The molecule has 1 heterocycles. The summed E-state index contributed by atoms with van der Waals surface area (Å²) in [5.41, 5.74) is 7.25. The molecule has 0 aliphatic carbocycles. The molecule has 1 aliphatic heterocycles. The van der Waals surface area contributed by atoms with Gasteiger partial charge >= 0.3 is 5.69 Å². The average molecular weight is 337 g/mol. The number of nitro benzene ring substituents is 1. The van der Waals surface area contributed by atoms with Crippen LogP contribution in [0.1, 0.15) is 12.0 Å². The van der Waals surface area contributed by atoms with Gasteiger partial charge in [-0.3, -0.25) is 10.1 Å². The second-order valence-electron chi connectivity index (χ2n) is 6.15. The van der Waals surface area contributed by atoms with E-state index >= 15 is 0 Å². The summed E-state index contributed by atoms with van der Waals surface area (Å²) >= 11 is 0. The highest BCUT2D eigenvalue weighted by Gasteiger charge is 2.23. The number of nitrogen functional groups attached to an aromatic ring is 1. The third-order valence-corrected chi connectivity index (χ3v) is 4.44. The Kier molecular flexibility index (Phi) is 4.70. The van der Waals surface area contributed by atoms with Gasteiger partial charge in [-0.15, -0.1) is 0 Å². The molecule has 0 amide bonds. The summed E-state index contributed by atoms with van der Waals surface area (Å²) in [7, 11) is 0. The maximum Gasteiger partial charge on any atom is 0.309 e. The van der Waals surface area contributed by atoms with E-state index in [9.17, 15) is 10.1 Å². The Morgan fingerprint density at radius 1 is 1.36 bits per heavy atom. The van der Waals surface area contributed by atoms with Crippen molar-refractivity contribution in [2.75, 3.05) is 35.6 Å². The van der Waals surface area contributed by atoms with Gasteiger partial charge in [0.05, 0.1) is 4.92 Å². The van der Waals surface area contributed by atoms with Crippen LogP contribution >= 0.6 is 0 Å². The molecule has 2 aromatic carbocycles. The van der Waals surface area contributed by atoms with Crippen molar-refractivity contribution in [3.8, 4) is 6.07 Å². The van der Waals surface area contributed by atoms with Crippen molar-refractivity contribution in [2.24, 2.45) is 5.92 Å². The van der Waals surface area contributed by atoms with Crippen molar-refractivity contribution in [3.63, 3.8) is 0 Å². The number of hydrogen-bond donors (Lipinski definition) is 2. The first-order valence-electron chi connectivity index (χ1n) is 8.10. The molecule has 0 radical (unpaired) electrons. The van der Waals surface area contributed by atoms with Crippen LogP contribution in [0.5, 0.6) is 0 Å². The van der Waals surface area contributed by atoms with Gasteiger partial charge in [-0.1, -0.05) is 18.2 Å². The Hall–Kier alpha value is -3.27. The smallest absolute Gasteiger partial charge is 0.309 e. The second kappa shape index (κ2) is 7.09. The zero-order valence-electron chi connectivity index (χ0n) is 13.7. The predicted octanol–water partition coefficient (Wildman–Crippen LogP) is 2.99. The molecular weight excluding hydrogens is 318 g/mol. The second-order valence-corrected chi connectivity index (χ2v) is 6.15. The van der Waals surface area contributed by atoms with Crippen LogP contribution in [-0.2, 0) is 0 Å². The highest BCUT2D eigenvalue weighted by atomic mass is 16.6. The minimum Gasteiger partial charge on any atom is -0.393 e. The fourth-order valence-electron chi connectivity index (χ4n) is 3.18. The summed E-state index contributed by atoms with van der Waals surface area (Å²) < 4.78 is 0. The third kappa shape index (κ3) is 3.63. The maximum absolute atomic E-state index is 11.0.